The third-order valence-electron chi connectivity index (χ3n) is 14.3. The van der Waals surface area contributed by atoms with Crippen molar-refractivity contribution in [2.45, 2.75) is 71.1 Å². The van der Waals surface area contributed by atoms with Crippen LogP contribution in [-0.4, -0.2) is 106 Å². The van der Waals surface area contributed by atoms with E-state index >= 15 is 0 Å². The second-order valence-corrected chi connectivity index (χ2v) is 18.5. The van der Waals surface area contributed by atoms with Crippen molar-refractivity contribution >= 4 is 41.5 Å². The van der Waals surface area contributed by atoms with Crippen molar-refractivity contribution in [1.82, 2.24) is 19.1 Å². The van der Waals surface area contributed by atoms with E-state index in [1.807, 2.05) is 0 Å². The number of rotatable bonds is 8. The SMILES string of the molecule is COC(=O)c1cc(C)c(OC(=O)C23CC4CC(C2)C(=O)C(C4)C3)c(OC)c1.COC(=O)c1cc(OC)c(O)c(OC)c1.O=C(n1ccnc1)n1ccnc1.O=C1C2CC3CC1CC(C(=O)O)(C3)C2. The van der Waals surface area contributed by atoms with Crippen molar-refractivity contribution in [1.29, 1.82) is 0 Å². The van der Waals surface area contributed by atoms with Crippen molar-refractivity contribution in [3.05, 3.63) is 78.4 Å². The molecule has 8 fully saturated rings. The predicted molar refractivity (Wildman–Crippen MR) is 238 cm³/mol. The number of ketones is 2. The minimum Gasteiger partial charge on any atom is -0.502 e. The van der Waals surface area contributed by atoms with Gasteiger partial charge in [0.15, 0.2) is 23.0 Å². The molecule has 12 rings (SSSR count). The molecule has 19 heteroatoms. The first-order valence-corrected chi connectivity index (χ1v) is 22.3. The van der Waals surface area contributed by atoms with E-state index in [0.717, 1.165) is 38.5 Å². The number of imidazole rings is 2. The minimum absolute atomic E-state index is 0.00786. The van der Waals surface area contributed by atoms with Crippen molar-refractivity contribution < 1.29 is 72.2 Å². The van der Waals surface area contributed by atoms with Gasteiger partial charge >= 0.3 is 29.9 Å². The van der Waals surface area contributed by atoms with Gasteiger partial charge in [0.05, 0.1) is 57.5 Å². The van der Waals surface area contributed by atoms with Crippen LogP contribution in [-0.2, 0) is 28.7 Å². The summed E-state index contributed by atoms with van der Waals surface area (Å²) in [5.74, 6) is 0.726. The van der Waals surface area contributed by atoms with E-state index < -0.39 is 28.7 Å². The number of aryl methyl sites for hydroxylation is 1. The molecule has 8 aliphatic rings. The second kappa shape index (κ2) is 20.0. The second-order valence-electron chi connectivity index (χ2n) is 18.5. The number of carboxylic acids is 1. The Hall–Kier alpha value is -7.05. The van der Waals surface area contributed by atoms with Crippen molar-refractivity contribution in [3.8, 4) is 28.7 Å². The molecule has 4 unspecified atom stereocenters. The Bertz CT molecular complexity index is 2470. The molecule has 2 N–H and O–H groups in total. The maximum atomic E-state index is 13.2. The summed E-state index contributed by atoms with van der Waals surface area (Å²) in [7, 11) is 6.82. The van der Waals surface area contributed by atoms with E-state index in [-0.39, 0.29) is 58.5 Å². The van der Waals surface area contributed by atoms with E-state index in [9.17, 15) is 43.8 Å². The summed E-state index contributed by atoms with van der Waals surface area (Å²) in [4.78, 5) is 90.5. The lowest BCUT2D eigenvalue weighted by molar-refractivity contribution is -0.169. The van der Waals surface area contributed by atoms with E-state index in [2.05, 4.69) is 14.7 Å². The van der Waals surface area contributed by atoms with Gasteiger partial charge in [0.1, 0.15) is 24.2 Å². The number of nitrogens with zero attached hydrogens (tertiary/aromatic N) is 4. The van der Waals surface area contributed by atoms with E-state index in [0.29, 0.717) is 71.7 Å². The molecule has 0 aliphatic heterocycles. The molecular weight excluding hydrogens is 885 g/mol. The summed E-state index contributed by atoms with van der Waals surface area (Å²) < 4.78 is 33.0. The minimum atomic E-state index is -0.663. The van der Waals surface area contributed by atoms with Crippen molar-refractivity contribution in [2.75, 3.05) is 35.5 Å². The zero-order chi connectivity index (χ0) is 49.1. The molecular formula is C49H56N4O15. The van der Waals surface area contributed by atoms with Gasteiger partial charge in [0.2, 0.25) is 5.75 Å². The molecule has 8 saturated carbocycles. The molecule has 2 aromatic carbocycles. The van der Waals surface area contributed by atoms with Gasteiger partial charge in [-0.2, -0.15) is 0 Å². The summed E-state index contributed by atoms with van der Waals surface area (Å²) in [6.07, 6.45) is 17.0. The van der Waals surface area contributed by atoms with Crippen LogP contribution in [0.3, 0.4) is 0 Å². The fourth-order valence-electron chi connectivity index (χ4n) is 11.5. The van der Waals surface area contributed by atoms with Crippen molar-refractivity contribution in [2.24, 2.45) is 46.3 Å². The fraction of sp³-hybridized carbons (Fsp3) is 0.490. The van der Waals surface area contributed by atoms with Gasteiger partial charge in [0.25, 0.3) is 0 Å². The van der Waals surface area contributed by atoms with Gasteiger partial charge < -0.3 is 38.6 Å². The molecule has 0 radical (unpaired) electrons. The number of Topliss-reactive ketones (excluding diaryl/α,β-unsaturated/α-hetero) is 2. The highest BCUT2D eigenvalue weighted by molar-refractivity contribution is 5.93. The molecule has 68 heavy (non-hydrogen) atoms. The monoisotopic (exact) mass is 940 g/mol. The molecule has 4 atom stereocenters. The van der Waals surface area contributed by atoms with Crippen LogP contribution in [0.4, 0.5) is 4.79 Å². The van der Waals surface area contributed by atoms with Gasteiger partial charge in [-0.15, -0.1) is 0 Å². The van der Waals surface area contributed by atoms with Crippen LogP contribution in [0.2, 0.25) is 0 Å². The highest BCUT2D eigenvalue weighted by Crippen LogP contribution is 2.60. The third kappa shape index (κ3) is 9.69. The lowest BCUT2D eigenvalue weighted by atomic mass is 9.49. The number of aromatic nitrogens is 4. The van der Waals surface area contributed by atoms with Crippen LogP contribution in [0, 0.1) is 53.3 Å². The Morgan fingerprint density at radius 2 is 1.03 bits per heavy atom. The number of phenolic OH excluding ortho intramolecular Hbond substituents is 1. The van der Waals surface area contributed by atoms with Crippen molar-refractivity contribution in [3.63, 3.8) is 0 Å². The number of aliphatic carboxylic acids is 1. The van der Waals surface area contributed by atoms with Gasteiger partial charge in [-0.05, 0) is 113 Å². The number of carboxylic acid groups (broad SMARTS) is 1. The number of aromatic hydroxyl groups is 1. The third-order valence-corrected chi connectivity index (χ3v) is 14.3. The number of benzene rings is 2. The Morgan fingerprint density at radius 1 is 0.618 bits per heavy atom. The molecule has 0 saturated heterocycles. The predicted octanol–water partition coefficient (Wildman–Crippen LogP) is 6.35. The summed E-state index contributed by atoms with van der Waals surface area (Å²) in [6.45, 7) is 1.76. The molecule has 362 valence electrons. The average molecular weight is 941 g/mol. The molecule has 2 heterocycles. The largest absolute Gasteiger partial charge is 0.502 e. The van der Waals surface area contributed by atoms with E-state index in [1.165, 1.54) is 75.5 Å². The van der Waals surface area contributed by atoms with Crippen LogP contribution < -0.4 is 18.9 Å². The quantitative estimate of drug-likeness (QED) is 0.144. The Labute approximate surface area is 392 Å². The lowest BCUT2D eigenvalue weighted by Crippen LogP contribution is -2.55. The first-order valence-electron chi connectivity index (χ1n) is 22.3. The van der Waals surface area contributed by atoms with E-state index in [4.69, 9.17) is 23.7 Å². The van der Waals surface area contributed by atoms with Crippen LogP contribution in [0.1, 0.15) is 90.5 Å². The number of hydrogen-bond acceptors (Lipinski definition) is 16. The summed E-state index contributed by atoms with van der Waals surface area (Å²) >= 11 is 0. The Morgan fingerprint density at radius 3 is 1.43 bits per heavy atom. The standard InChI is InChI=1S/C21H24O6.C11H14O3.C10H12O5.C7H6N4O/c1-11-4-13(19(23)26-3)7-16(25-2)18(11)27-20(24)21-8-12-5-14(9-21)17(22)15(6-12)10-21;12-9-7-1-6-2-8(9)5-11(3-6,4-7)10(13)14;1-13-7-4-6(10(12)15-3)5-8(14-2)9(7)11;12-7(10-3-1-8-5-10)11-4-2-9-6-11/h4,7,12,14-15H,5-6,8-10H2,1-3H3;6-8H,1-5H2,(H,13,14);4-5,11H,1-3H3;1-6H. The molecule has 4 aromatic rings. The van der Waals surface area contributed by atoms with Gasteiger partial charge in [-0.25, -0.2) is 24.4 Å². The van der Waals surface area contributed by atoms with Gasteiger partial charge in [-0.1, -0.05) is 0 Å². The fourth-order valence-corrected chi connectivity index (χ4v) is 11.5. The lowest BCUT2D eigenvalue weighted by Gasteiger charge is -2.53. The molecule has 8 aliphatic carbocycles. The Balaban J connectivity index is 0.000000143. The zero-order valence-corrected chi connectivity index (χ0v) is 38.8. The highest BCUT2D eigenvalue weighted by atomic mass is 16.6. The normalized spacial score (nSPS) is 26.4. The van der Waals surface area contributed by atoms with E-state index in [1.54, 1.807) is 37.8 Å². The van der Waals surface area contributed by atoms with Crippen LogP contribution in [0.15, 0.2) is 61.7 Å². The number of carbonyl (C=O) groups excluding carboxylic acids is 6. The molecule has 19 nitrogen and oxygen atoms in total. The number of carbonyl (C=O) groups is 7. The first-order chi connectivity index (χ1) is 32.5. The van der Waals surface area contributed by atoms with Crippen LogP contribution in [0.5, 0.6) is 28.7 Å². The summed E-state index contributed by atoms with van der Waals surface area (Å²) in [5, 5.41) is 18.8. The van der Waals surface area contributed by atoms with Gasteiger partial charge in [-0.3, -0.25) is 28.3 Å². The first kappa shape index (κ1) is 48.9. The highest BCUT2D eigenvalue weighted by Gasteiger charge is 2.60. The molecule has 2 aromatic heterocycles. The maximum absolute atomic E-state index is 13.2. The topological polar surface area (TPSA) is 251 Å². The number of methoxy groups -OCH3 is 5. The maximum Gasteiger partial charge on any atom is 0.338 e. The molecule has 0 spiro atoms. The average Bonchev–Trinajstić information content (AvgIpc) is 4.09. The number of hydrogen-bond donors (Lipinski definition) is 2. The van der Waals surface area contributed by atoms with Gasteiger partial charge in [0, 0.05) is 48.5 Å². The summed E-state index contributed by atoms with van der Waals surface area (Å²) in [6, 6.07) is 5.71. The number of phenols is 1. The number of ether oxygens (including phenoxy) is 6. The zero-order valence-electron chi connectivity index (χ0n) is 38.8. The number of esters is 3. The molecule has 0 amide bonds. The van der Waals surface area contributed by atoms with Crippen LogP contribution in [0.25, 0.3) is 0 Å². The summed E-state index contributed by atoms with van der Waals surface area (Å²) in [5.41, 5.74) is 0.132. The van der Waals surface area contributed by atoms with Crippen LogP contribution >= 0.6 is 0 Å². The Kier molecular flexibility index (Phi) is 14.4. The smallest absolute Gasteiger partial charge is 0.338 e. The molecule has 8 bridgehead atoms.